The SMILES string of the molecule is COC(=O)[C@H](CCSC)NC(=O)[C@H](Cc1ccccc1)NC(=O)[C@@H](NC(=O)c1cc(C)ccc1O)C(C)C. The predicted molar refractivity (Wildman–Crippen MR) is 148 cm³/mol. The van der Waals surface area contributed by atoms with Crippen LogP contribution in [0.25, 0.3) is 0 Å². The maximum absolute atomic E-state index is 13.4. The van der Waals surface area contributed by atoms with Gasteiger partial charge in [0, 0.05) is 6.42 Å². The molecule has 3 atom stereocenters. The Morgan fingerprint density at radius 1 is 0.947 bits per heavy atom. The molecule has 0 saturated heterocycles. The molecule has 0 fully saturated rings. The van der Waals surface area contributed by atoms with Crippen LogP contribution < -0.4 is 16.0 Å². The van der Waals surface area contributed by atoms with Crippen molar-refractivity contribution in [1.29, 1.82) is 0 Å². The number of nitrogens with one attached hydrogen (secondary N) is 3. The molecule has 0 bridgehead atoms. The lowest BCUT2D eigenvalue weighted by molar-refractivity contribution is -0.145. The first kappa shape index (κ1) is 30.7. The summed E-state index contributed by atoms with van der Waals surface area (Å²) in [6.07, 6.45) is 2.44. The summed E-state index contributed by atoms with van der Waals surface area (Å²) in [6, 6.07) is 10.9. The van der Waals surface area contributed by atoms with Gasteiger partial charge in [-0.2, -0.15) is 11.8 Å². The fourth-order valence-corrected chi connectivity index (χ4v) is 4.28. The first-order valence-electron chi connectivity index (χ1n) is 12.4. The van der Waals surface area contributed by atoms with E-state index >= 15 is 0 Å². The van der Waals surface area contributed by atoms with E-state index in [2.05, 4.69) is 16.0 Å². The molecule has 2 rings (SSSR count). The summed E-state index contributed by atoms with van der Waals surface area (Å²) in [6.45, 7) is 5.32. The van der Waals surface area contributed by atoms with Gasteiger partial charge in [0.05, 0.1) is 12.7 Å². The predicted octanol–water partition coefficient (Wildman–Crippen LogP) is 2.59. The Labute approximate surface area is 228 Å². The van der Waals surface area contributed by atoms with E-state index in [0.717, 1.165) is 11.1 Å². The number of aryl methyl sites for hydroxylation is 1. The minimum atomic E-state index is -1.02. The molecule has 206 valence electrons. The third-order valence-corrected chi connectivity index (χ3v) is 6.60. The van der Waals surface area contributed by atoms with E-state index in [9.17, 15) is 24.3 Å². The minimum absolute atomic E-state index is 0.0525. The summed E-state index contributed by atoms with van der Waals surface area (Å²) in [5.41, 5.74) is 1.64. The highest BCUT2D eigenvalue weighted by Gasteiger charge is 2.31. The molecule has 9 nitrogen and oxygen atoms in total. The van der Waals surface area contributed by atoms with E-state index in [-0.39, 0.29) is 23.7 Å². The average molecular weight is 544 g/mol. The van der Waals surface area contributed by atoms with Gasteiger partial charge < -0.3 is 25.8 Å². The van der Waals surface area contributed by atoms with Crippen molar-refractivity contribution >= 4 is 35.5 Å². The van der Waals surface area contributed by atoms with Crippen LogP contribution in [-0.2, 0) is 25.5 Å². The van der Waals surface area contributed by atoms with Gasteiger partial charge in [-0.15, -0.1) is 0 Å². The van der Waals surface area contributed by atoms with Crippen LogP contribution in [0.2, 0.25) is 0 Å². The standard InChI is InChI=1S/C28H37N3O6S/c1-17(2)24(31-25(33)20-15-18(3)11-12-23(20)32)27(35)30-22(16-19-9-7-6-8-10-19)26(34)29-21(13-14-38-5)28(36)37-4/h6-12,15,17,21-22,24,32H,13-14,16H2,1-5H3,(H,29,34)(H,30,35)(H,31,33)/t21-,22-,24-/m0/s1. The molecule has 0 spiro atoms. The van der Waals surface area contributed by atoms with Crippen molar-refractivity contribution in [3.8, 4) is 5.75 Å². The Kier molecular flexibility index (Phi) is 12.1. The molecule has 38 heavy (non-hydrogen) atoms. The van der Waals surface area contributed by atoms with Gasteiger partial charge in [-0.25, -0.2) is 4.79 Å². The number of aromatic hydroxyl groups is 1. The fraction of sp³-hybridized carbons (Fsp3) is 0.429. The second kappa shape index (κ2) is 15.0. The highest BCUT2D eigenvalue weighted by Crippen LogP contribution is 2.19. The Bertz CT molecular complexity index is 1110. The maximum atomic E-state index is 13.4. The van der Waals surface area contributed by atoms with Crippen LogP contribution in [0.3, 0.4) is 0 Å². The fourth-order valence-electron chi connectivity index (χ4n) is 3.81. The molecule has 0 saturated carbocycles. The largest absolute Gasteiger partial charge is 0.507 e. The van der Waals surface area contributed by atoms with Gasteiger partial charge in [0.25, 0.3) is 5.91 Å². The number of benzene rings is 2. The molecule has 0 aliphatic carbocycles. The van der Waals surface area contributed by atoms with Crippen LogP contribution in [-0.4, -0.2) is 66.0 Å². The number of esters is 1. The molecule has 0 unspecified atom stereocenters. The summed E-state index contributed by atoms with van der Waals surface area (Å²) in [5, 5.41) is 18.3. The molecule has 10 heteroatoms. The highest BCUT2D eigenvalue weighted by atomic mass is 32.2. The zero-order valence-electron chi connectivity index (χ0n) is 22.4. The average Bonchev–Trinajstić information content (AvgIpc) is 2.90. The number of phenols is 1. The number of amides is 3. The Morgan fingerprint density at radius 2 is 1.61 bits per heavy atom. The number of rotatable bonds is 13. The van der Waals surface area contributed by atoms with E-state index in [4.69, 9.17) is 4.74 Å². The topological polar surface area (TPSA) is 134 Å². The molecule has 2 aromatic carbocycles. The van der Waals surface area contributed by atoms with Crippen molar-refractivity contribution in [1.82, 2.24) is 16.0 Å². The second-order valence-electron chi connectivity index (χ2n) is 9.33. The van der Waals surface area contributed by atoms with Crippen molar-refractivity contribution in [2.45, 2.75) is 51.7 Å². The van der Waals surface area contributed by atoms with Crippen LogP contribution in [0.15, 0.2) is 48.5 Å². The van der Waals surface area contributed by atoms with Gasteiger partial charge in [-0.05, 0) is 49.0 Å². The van der Waals surface area contributed by atoms with Gasteiger partial charge in [-0.3, -0.25) is 14.4 Å². The summed E-state index contributed by atoms with van der Waals surface area (Å²) < 4.78 is 4.84. The number of methoxy groups -OCH3 is 1. The smallest absolute Gasteiger partial charge is 0.328 e. The summed E-state index contributed by atoms with van der Waals surface area (Å²) in [4.78, 5) is 51.9. The van der Waals surface area contributed by atoms with E-state index in [1.54, 1.807) is 26.8 Å². The Hall–Kier alpha value is -3.53. The number of hydrogen-bond acceptors (Lipinski definition) is 7. The zero-order chi connectivity index (χ0) is 28.2. The van der Waals surface area contributed by atoms with Crippen LogP contribution in [0.1, 0.15) is 41.8 Å². The van der Waals surface area contributed by atoms with Crippen LogP contribution >= 0.6 is 11.8 Å². The number of phenolic OH excluding ortho intramolecular Hbond substituents is 1. The van der Waals surface area contributed by atoms with Crippen LogP contribution in [0.5, 0.6) is 5.75 Å². The lowest BCUT2D eigenvalue weighted by Gasteiger charge is -2.26. The lowest BCUT2D eigenvalue weighted by atomic mass is 10.00. The van der Waals surface area contributed by atoms with Gasteiger partial charge in [0.2, 0.25) is 11.8 Å². The van der Waals surface area contributed by atoms with Crippen molar-refractivity contribution < 1.29 is 29.0 Å². The molecule has 0 heterocycles. The number of hydrogen-bond donors (Lipinski definition) is 4. The molecule has 4 N–H and O–H groups in total. The van der Waals surface area contributed by atoms with Gasteiger partial charge in [0.15, 0.2) is 0 Å². The quantitative estimate of drug-likeness (QED) is 0.285. The van der Waals surface area contributed by atoms with E-state index in [1.165, 1.54) is 31.0 Å². The highest BCUT2D eigenvalue weighted by molar-refractivity contribution is 7.98. The summed E-state index contributed by atoms with van der Waals surface area (Å²) >= 11 is 1.53. The lowest BCUT2D eigenvalue weighted by Crippen LogP contribution is -2.57. The van der Waals surface area contributed by atoms with Crippen LogP contribution in [0, 0.1) is 12.8 Å². The number of thioether (sulfide) groups is 1. The molecule has 0 radical (unpaired) electrons. The third-order valence-electron chi connectivity index (χ3n) is 5.96. The minimum Gasteiger partial charge on any atom is -0.507 e. The summed E-state index contributed by atoms with van der Waals surface area (Å²) in [7, 11) is 1.26. The number of carbonyl (C=O) groups excluding carboxylic acids is 4. The van der Waals surface area contributed by atoms with E-state index in [1.807, 2.05) is 36.6 Å². The molecule has 3 amide bonds. The van der Waals surface area contributed by atoms with Crippen molar-refractivity contribution in [2.24, 2.45) is 5.92 Å². The number of carbonyl (C=O) groups is 4. The Morgan fingerprint density at radius 3 is 2.21 bits per heavy atom. The molecular formula is C28H37N3O6S. The second-order valence-corrected chi connectivity index (χ2v) is 10.3. The molecular weight excluding hydrogens is 506 g/mol. The first-order chi connectivity index (χ1) is 18.1. The van der Waals surface area contributed by atoms with E-state index in [0.29, 0.717) is 12.2 Å². The zero-order valence-corrected chi connectivity index (χ0v) is 23.3. The molecule has 0 aliphatic heterocycles. The van der Waals surface area contributed by atoms with Gasteiger partial charge in [0.1, 0.15) is 23.9 Å². The van der Waals surface area contributed by atoms with E-state index < -0.39 is 41.8 Å². The monoisotopic (exact) mass is 543 g/mol. The Balaban J connectivity index is 2.26. The van der Waals surface area contributed by atoms with Crippen LogP contribution in [0.4, 0.5) is 0 Å². The third kappa shape index (κ3) is 9.09. The maximum Gasteiger partial charge on any atom is 0.328 e. The van der Waals surface area contributed by atoms with Gasteiger partial charge >= 0.3 is 5.97 Å². The summed E-state index contributed by atoms with van der Waals surface area (Å²) in [5.74, 6) is -2.16. The number of ether oxygens (including phenoxy) is 1. The van der Waals surface area contributed by atoms with Crippen molar-refractivity contribution in [3.63, 3.8) is 0 Å². The van der Waals surface area contributed by atoms with Gasteiger partial charge in [-0.1, -0.05) is 55.8 Å². The van der Waals surface area contributed by atoms with Crippen molar-refractivity contribution in [3.05, 3.63) is 65.2 Å². The first-order valence-corrected chi connectivity index (χ1v) is 13.8. The normalized spacial score (nSPS) is 13.2. The van der Waals surface area contributed by atoms with Crippen molar-refractivity contribution in [2.75, 3.05) is 19.1 Å². The molecule has 0 aliphatic rings. The molecule has 2 aromatic rings. The molecule has 0 aromatic heterocycles.